The summed E-state index contributed by atoms with van der Waals surface area (Å²) in [5, 5.41) is 3.11. The second-order valence-electron chi connectivity index (χ2n) is 12.1. The van der Waals surface area contributed by atoms with E-state index in [-0.39, 0.29) is 17.5 Å². The number of nitrogens with zero attached hydrogens (tertiary/aromatic N) is 1. The summed E-state index contributed by atoms with van der Waals surface area (Å²) < 4.78 is 0. The van der Waals surface area contributed by atoms with Crippen molar-refractivity contribution in [3.05, 3.63) is 137 Å². The van der Waals surface area contributed by atoms with Crippen molar-refractivity contribution in [2.75, 3.05) is 10.2 Å². The number of ketones is 2. The molecule has 1 saturated heterocycles. The summed E-state index contributed by atoms with van der Waals surface area (Å²) in [6, 6.07) is 29.2. The number of anilines is 2. The molecule has 0 aliphatic carbocycles. The van der Waals surface area contributed by atoms with Crippen LogP contribution in [0.25, 0.3) is 5.57 Å². The Bertz CT molecular complexity index is 1810. The number of hydrogen-bond acceptors (Lipinski definition) is 4. The first kappa shape index (κ1) is 27.1. The van der Waals surface area contributed by atoms with Crippen LogP contribution in [0, 0.1) is 12.8 Å². The first-order chi connectivity index (χ1) is 20.9. The van der Waals surface area contributed by atoms with Crippen molar-refractivity contribution in [2.24, 2.45) is 5.92 Å². The smallest absolute Gasteiger partial charge is 0.238 e. The Morgan fingerprint density at radius 1 is 0.837 bits per heavy atom. The predicted octanol–water partition coefficient (Wildman–Crippen LogP) is 7.19. The van der Waals surface area contributed by atoms with Crippen LogP contribution < -0.4 is 10.2 Å². The number of amides is 1. The highest BCUT2D eigenvalue weighted by molar-refractivity contribution is 6.18. The van der Waals surface area contributed by atoms with E-state index in [4.69, 9.17) is 0 Å². The highest BCUT2D eigenvalue weighted by Crippen LogP contribution is 2.58. The SMILES string of the molecule is CCCc1ccc(C(=O)[C@@H]2[C@@H](C(=O)c3ccccc3)N3c4ccc(C)cc4C(C)=C[C@@H]3[C@]23C(=O)Nc2ccccc23)cc1. The van der Waals surface area contributed by atoms with Crippen LogP contribution in [0.2, 0.25) is 0 Å². The molecule has 0 bridgehead atoms. The molecule has 0 saturated carbocycles. The predicted molar refractivity (Wildman–Crippen MR) is 171 cm³/mol. The van der Waals surface area contributed by atoms with Crippen molar-refractivity contribution in [3.8, 4) is 0 Å². The standard InChI is InChI=1S/C38H34N2O3/c1-4-10-25-16-18-27(19-17-25)35(41)33-34(36(42)26-11-6-5-7-12-26)40-31-20-15-23(2)21-28(31)24(3)22-32(40)38(33)29-13-8-9-14-30(29)39-37(38)43/h5-9,11-22,32-34H,4,10H2,1-3H3,(H,39,43)/t32-,33+,34+,38+/m1/s1. The molecule has 0 unspecified atom stereocenters. The number of hydrogen-bond donors (Lipinski definition) is 1. The molecule has 5 nitrogen and oxygen atoms in total. The van der Waals surface area contributed by atoms with Crippen molar-refractivity contribution in [1.82, 2.24) is 0 Å². The minimum atomic E-state index is -1.31. The lowest BCUT2D eigenvalue weighted by Crippen LogP contribution is -2.51. The van der Waals surface area contributed by atoms with Gasteiger partial charge in [-0.1, -0.05) is 104 Å². The molecular weight excluding hydrogens is 532 g/mol. The third-order valence-corrected chi connectivity index (χ3v) is 9.52. The summed E-state index contributed by atoms with van der Waals surface area (Å²) in [4.78, 5) is 46.4. The summed E-state index contributed by atoms with van der Waals surface area (Å²) in [7, 11) is 0. The number of Topliss-reactive ketones (excluding diaryl/α,β-unsaturated/α-hetero) is 2. The third kappa shape index (κ3) is 3.94. The van der Waals surface area contributed by atoms with Gasteiger partial charge in [0.05, 0.1) is 12.0 Å². The first-order valence-electron chi connectivity index (χ1n) is 15.1. The minimum absolute atomic E-state index is 0.167. The van der Waals surface area contributed by atoms with Crippen LogP contribution >= 0.6 is 0 Å². The molecule has 0 aromatic heterocycles. The van der Waals surface area contributed by atoms with E-state index < -0.39 is 23.4 Å². The van der Waals surface area contributed by atoms with Crippen molar-refractivity contribution in [1.29, 1.82) is 0 Å². The van der Waals surface area contributed by atoms with E-state index >= 15 is 0 Å². The Labute approximate surface area is 252 Å². The first-order valence-corrected chi connectivity index (χ1v) is 15.1. The van der Waals surface area contributed by atoms with Crippen molar-refractivity contribution in [3.63, 3.8) is 0 Å². The molecule has 214 valence electrons. The fourth-order valence-electron chi connectivity index (χ4n) is 7.62. The number of para-hydroxylation sites is 1. The molecule has 3 heterocycles. The summed E-state index contributed by atoms with van der Waals surface area (Å²) >= 11 is 0. The number of rotatable bonds is 6. The maximum atomic E-state index is 15.0. The molecule has 3 aliphatic heterocycles. The van der Waals surface area contributed by atoms with Crippen LogP contribution in [-0.4, -0.2) is 29.6 Å². The number of benzene rings is 4. The third-order valence-electron chi connectivity index (χ3n) is 9.52. The van der Waals surface area contributed by atoms with Gasteiger partial charge < -0.3 is 10.2 Å². The summed E-state index contributed by atoms with van der Waals surface area (Å²) in [5.41, 5.74) is 6.35. The monoisotopic (exact) mass is 566 g/mol. The minimum Gasteiger partial charge on any atom is -0.352 e. The largest absolute Gasteiger partial charge is 0.352 e. The second-order valence-corrected chi connectivity index (χ2v) is 12.1. The number of carbonyl (C=O) groups excluding carboxylic acids is 3. The summed E-state index contributed by atoms with van der Waals surface area (Å²) in [5.74, 6) is -1.58. The van der Waals surface area contributed by atoms with Gasteiger partial charge in [-0.3, -0.25) is 14.4 Å². The quantitative estimate of drug-likeness (QED) is 0.251. The number of nitrogens with one attached hydrogen (secondary N) is 1. The molecule has 4 atom stereocenters. The van der Waals surface area contributed by atoms with Gasteiger partial charge in [0.2, 0.25) is 5.91 Å². The Morgan fingerprint density at radius 3 is 2.28 bits per heavy atom. The number of carbonyl (C=O) groups is 3. The highest BCUT2D eigenvalue weighted by atomic mass is 16.2. The lowest BCUT2D eigenvalue weighted by molar-refractivity contribution is -0.121. The van der Waals surface area contributed by atoms with Crippen LogP contribution in [0.15, 0.2) is 103 Å². The van der Waals surface area contributed by atoms with Gasteiger partial charge >= 0.3 is 0 Å². The molecule has 5 heteroatoms. The average Bonchev–Trinajstić information content (AvgIpc) is 3.49. The normalized spacial score (nSPS) is 23.3. The van der Waals surface area contributed by atoms with Gasteiger partial charge in [-0.05, 0) is 55.2 Å². The van der Waals surface area contributed by atoms with Gasteiger partial charge in [-0.15, -0.1) is 0 Å². The molecule has 0 radical (unpaired) electrons. The number of allylic oxidation sites excluding steroid dienone is 1. The van der Waals surface area contributed by atoms with Crippen molar-refractivity contribution in [2.45, 2.75) is 51.1 Å². The fraction of sp³-hybridized carbons (Fsp3) is 0.237. The number of fused-ring (bicyclic) bond motifs is 6. The zero-order valence-corrected chi connectivity index (χ0v) is 24.6. The van der Waals surface area contributed by atoms with E-state index in [0.717, 1.165) is 46.4 Å². The maximum absolute atomic E-state index is 15.0. The Hall–Kier alpha value is -4.77. The molecule has 1 N–H and O–H groups in total. The lowest BCUT2D eigenvalue weighted by Gasteiger charge is -2.39. The highest BCUT2D eigenvalue weighted by Gasteiger charge is 2.70. The van der Waals surface area contributed by atoms with Crippen LogP contribution in [0.5, 0.6) is 0 Å². The van der Waals surface area contributed by atoms with Crippen LogP contribution in [-0.2, 0) is 16.6 Å². The zero-order chi connectivity index (χ0) is 29.9. The lowest BCUT2D eigenvalue weighted by atomic mass is 9.64. The van der Waals surface area contributed by atoms with Crippen molar-refractivity contribution < 1.29 is 14.4 Å². The molecule has 43 heavy (non-hydrogen) atoms. The molecular formula is C38H34N2O3. The van der Waals surface area contributed by atoms with Crippen LogP contribution in [0.1, 0.15) is 63.2 Å². The molecule has 1 fully saturated rings. The van der Waals surface area contributed by atoms with Crippen LogP contribution in [0.4, 0.5) is 11.4 Å². The average molecular weight is 567 g/mol. The molecule has 1 spiro atoms. The fourth-order valence-corrected chi connectivity index (χ4v) is 7.62. The molecule has 4 aromatic rings. The van der Waals surface area contributed by atoms with Crippen molar-refractivity contribution >= 4 is 34.4 Å². The summed E-state index contributed by atoms with van der Waals surface area (Å²) in [6.45, 7) is 6.23. The topological polar surface area (TPSA) is 66.5 Å². The van der Waals surface area contributed by atoms with E-state index in [9.17, 15) is 14.4 Å². The Balaban J connectivity index is 1.52. The van der Waals surface area contributed by atoms with E-state index in [0.29, 0.717) is 16.8 Å². The van der Waals surface area contributed by atoms with Gasteiger partial charge in [0.25, 0.3) is 0 Å². The molecule has 3 aliphatic rings. The zero-order valence-electron chi connectivity index (χ0n) is 24.6. The number of aryl methyl sites for hydroxylation is 2. The van der Waals surface area contributed by atoms with E-state index in [1.165, 1.54) is 0 Å². The Kier molecular flexibility index (Phi) is 6.42. The summed E-state index contributed by atoms with van der Waals surface area (Å²) in [6.07, 6.45) is 4.03. The van der Waals surface area contributed by atoms with E-state index in [1.807, 2.05) is 85.8 Å². The maximum Gasteiger partial charge on any atom is 0.238 e. The molecule has 7 rings (SSSR count). The molecule has 4 aromatic carbocycles. The van der Waals surface area contributed by atoms with E-state index in [1.54, 1.807) is 12.1 Å². The van der Waals surface area contributed by atoms with Gasteiger partial charge in [0.1, 0.15) is 11.5 Å². The molecule has 1 amide bonds. The van der Waals surface area contributed by atoms with Gasteiger partial charge in [-0.25, -0.2) is 0 Å². The van der Waals surface area contributed by atoms with Crippen LogP contribution in [0.3, 0.4) is 0 Å². The van der Waals surface area contributed by atoms with Gasteiger partial charge in [-0.2, -0.15) is 0 Å². The van der Waals surface area contributed by atoms with Gasteiger partial charge in [0.15, 0.2) is 11.6 Å². The Morgan fingerprint density at radius 2 is 1.53 bits per heavy atom. The van der Waals surface area contributed by atoms with Gasteiger partial charge in [0, 0.05) is 28.1 Å². The van der Waals surface area contributed by atoms with E-state index in [2.05, 4.69) is 36.2 Å². The second kappa shape index (κ2) is 10.2.